The summed E-state index contributed by atoms with van der Waals surface area (Å²) in [5.74, 6) is -1.75. The highest BCUT2D eigenvalue weighted by atomic mass is 16.6. The normalized spacial score (nSPS) is 13.3. The van der Waals surface area contributed by atoms with Gasteiger partial charge in [-0.3, -0.25) is 9.59 Å². The second-order valence-electron chi connectivity index (χ2n) is 6.54. The van der Waals surface area contributed by atoms with Gasteiger partial charge in [-0.05, 0) is 41.5 Å². The number of carboxylic acid groups (broad SMARTS) is 1. The van der Waals surface area contributed by atoms with E-state index in [1.807, 2.05) is 0 Å². The highest BCUT2D eigenvalue weighted by Gasteiger charge is 2.28. The molecule has 0 heterocycles. The molecule has 0 rings (SSSR count). The maximum atomic E-state index is 12.0. The number of ether oxygens (including phenoxy) is 1. The second-order valence-corrected chi connectivity index (χ2v) is 6.54. The molecular formula is C13H24N2O5. The SMILES string of the molecule is CC(C)(C)NC(=O)C(CC(=O)O)NC(=O)OC(C)(C)C. The van der Waals surface area contributed by atoms with Crippen molar-refractivity contribution in [1.82, 2.24) is 10.6 Å². The van der Waals surface area contributed by atoms with E-state index in [1.165, 1.54) is 0 Å². The zero-order valence-electron chi connectivity index (χ0n) is 12.9. The highest BCUT2D eigenvalue weighted by Crippen LogP contribution is 2.08. The molecule has 0 fully saturated rings. The fraction of sp³-hybridized carbons (Fsp3) is 0.769. The number of nitrogens with one attached hydrogen (secondary N) is 2. The van der Waals surface area contributed by atoms with Crippen molar-refractivity contribution in [2.45, 2.75) is 65.1 Å². The summed E-state index contributed by atoms with van der Waals surface area (Å²) in [6, 6.07) is -1.18. The maximum absolute atomic E-state index is 12.0. The van der Waals surface area contributed by atoms with E-state index >= 15 is 0 Å². The summed E-state index contributed by atoms with van der Waals surface area (Å²) in [4.78, 5) is 34.3. The molecule has 0 aliphatic carbocycles. The molecule has 0 aromatic heterocycles. The van der Waals surface area contributed by atoms with Crippen molar-refractivity contribution in [3.05, 3.63) is 0 Å². The molecule has 0 aromatic rings. The van der Waals surface area contributed by atoms with Crippen LogP contribution in [0.1, 0.15) is 48.0 Å². The Morgan fingerprint density at radius 2 is 1.60 bits per heavy atom. The van der Waals surface area contributed by atoms with Gasteiger partial charge in [0.05, 0.1) is 6.42 Å². The van der Waals surface area contributed by atoms with Crippen molar-refractivity contribution in [3.63, 3.8) is 0 Å². The minimum absolute atomic E-state index is 0.513. The molecule has 1 unspecified atom stereocenters. The van der Waals surface area contributed by atoms with Gasteiger partial charge >= 0.3 is 12.1 Å². The lowest BCUT2D eigenvalue weighted by atomic mass is 10.1. The molecule has 0 saturated carbocycles. The molecule has 0 aromatic carbocycles. The first-order chi connectivity index (χ1) is 8.80. The van der Waals surface area contributed by atoms with Gasteiger partial charge in [-0.15, -0.1) is 0 Å². The van der Waals surface area contributed by atoms with Crippen molar-refractivity contribution in [2.75, 3.05) is 0 Å². The quantitative estimate of drug-likeness (QED) is 0.722. The number of carbonyl (C=O) groups excluding carboxylic acids is 2. The Morgan fingerprint density at radius 3 is 1.95 bits per heavy atom. The molecule has 2 amide bonds. The molecular weight excluding hydrogens is 264 g/mol. The Morgan fingerprint density at radius 1 is 1.10 bits per heavy atom. The average Bonchev–Trinajstić information content (AvgIpc) is 2.09. The first kappa shape index (κ1) is 18.2. The van der Waals surface area contributed by atoms with E-state index < -0.39 is 41.6 Å². The van der Waals surface area contributed by atoms with Crippen LogP contribution in [0.5, 0.6) is 0 Å². The van der Waals surface area contributed by atoms with Gasteiger partial charge in [0.15, 0.2) is 0 Å². The molecule has 20 heavy (non-hydrogen) atoms. The predicted molar refractivity (Wildman–Crippen MR) is 73.3 cm³/mol. The summed E-state index contributed by atoms with van der Waals surface area (Å²) in [5, 5.41) is 13.7. The first-order valence-electron chi connectivity index (χ1n) is 6.33. The van der Waals surface area contributed by atoms with E-state index in [-0.39, 0.29) is 0 Å². The summed E-state index contributed by atoms with van der Waals surface area (Å²) >= 11 is 0. The van der Waals surface area contributed by atoms with Crippen molar-refractivity contribution < 1.29 is 24.2 Å². The van der Waals surface area contributed by atoms with E-state index in [2.05, 4.69) is 10.6 Å². The Bertz CT molecular complexity index is 379. The van der Waals surface area contributed by atoms with Crippen LogP contribution in [-0.4, -0.2) is 40.3 Å². The van der Waals surface area contributed by atoms with E-state index in [0.29, 0.717) is 0 Å². The first-order valence-corrected chi connectivity index (χ1v) is 6.33. The number of aliphatic carboxylic acids is 1. The van der Waals surface area contributed by atoms with Crippen LogP contribution in [0.15, 0.2) is 0 Å². The molecule has 0 saturated heterocycles. The van der Waals surface area contributed by atoms with Gasteiger partial charge in [0, 0.05) is 5.54 Å². The van der Waals surface area contributed by atoms with Crippen molar-refractivity contribution in [1.29, 1.82) is 0 Å². The van der Waals surface area contributed by atoms with E-state index in [9.17, 15) is 14.4 Å². The van der Waals surface area contributed by atoms with Crippen LogP contribution in [0.2, 0.25) is 0 Å². The number of carbonyl (C=O) groups is 3. The Labute approximate surface area is 119 Å². The molecule has 116 valence electrons. The number of rotatable bonds is 4. The molecule has 0 aliphatic heterocycles. The predicted octanol–water partition coefficient (Wildman–Crippen LogP) is 1.27. The van der Waals surface area contributed by atoms with Crippen LogP contribution in [0.4, 0.5) is 4.79 Å². The zero-order chi connectivity index (χ0) is 16.1. The number of hydrogen-bond acceptors (Lipinski definition) is 4. The third-order valence-electron chi connectivity index (χ3n) is 1.88. The lowest BCUT2D eigenvalue weighted by Gasteiger charge is -2.26. The monoisotopic (exact) mass is 288 g/mol. The summed E-state index contributed by atoms with van der Waals surface area (Å²) in [6.07, 6.45) is -1.34. The van der Waals surface area contributed by atoms with Crippen molar-refractivity contribution in [2.24, 2.45) is 0 Å². The molecule has 7 heteroatoms. The third kappa shape index (κ3) is 9.18. The molecule has 1 atom stereocenters. The van der Waals surface area contributed by atoms with Crippen LogP contribution < -0.4 is 10.6 Å². The largest absolute Gasteiger partial charge is 0.481 e. The standard InChI is InChI=1S/C13H24N2O5/c1-12(2,3)15-10(18)8(7-9(16)17)14-11(19)20-13(4,5)6/h8H,7H2,1-6H3,(H,14,19)(H,15,18)(H,16,17). The highest BCUT2D eigenvalue weighted by molar-refractivity contribution is 5.89. The van der Waals surface area contributed by atoms with Crippen LogP contribution in [-0.2, 0) is 14.3 Å². The van der Waals surface area contributed by atoms with E-state index in [4.69, 9.17) is 9.84 Å². The number of alkyl carbamates (subject to hydrolysis) is 1. The van der Waals surface area contributed by atoms with E-state index in [1.54, 1.807) is 41.5 Å². The minimum atomic E-state index is -1.19. The summed E-state index contributed by atoms with van der Waals surface area (Å²) in [6.45, 7) is 10.3. The maximum Gasteiger partial charge on any atom is 0.408 e. The van der Waals surface area contributed by atoms with Crippen LogP contribution in [0, 0.1) is 0 Å². The molecule has 0 spiro atoms. The second kappa shape index (κ2) is 6.58. The fourth-order valence-corrected chi connectivity index (χ4v) is 1.29. The van der Waals surface area contributed by atoms with Gasteiger partial charge in [0.2, 0.25) is 5.91 Å². The average molecular weight is 288 g/mol. The van der Waals surface area contributed by atoms with Crippen molar-refractivity contribution >= 4 is 18.0 Å². The molecule has 7 nitrogen and oxygen atoms in total. The molecule has 3 N–H and O–H groups in total. The lowest BCUT2D eigenvalue weighted by molar-refractivity contribution is -0.140. The van der Waals surface area contributed by atoms with E-state index in [0.717, 1.165) is 0 Å². The van der Waals surface area contributed by atoms with Gasteiger partial charge in [-0.2, -0.15) is 0 Å². The summed E-state index contributed by atoms with van der Waals surface area (Å²) < 4.78 is 5.01. The van der Waals surface area contributed by atoms with Gasteiger partial charge in [0.25, 0.3) is 0 Å². The third-order valence-corrected chi connectivity index (χ3v) is 1.88. The fourth-order valence-electron chi connectivity index (χ4n) is 1.29. The van der Waals surface area contributed by atoms with Gasteiger partial charge < -0.3 is 20.5 Å². The number of amides is 2. The van der Waals surface area contributed by atoms with Crippen LogP contribution >= 0.6 is 0 Å². The van der Waals surface area contributed by atoms with Crippen molar-refractivity contribution in [3.8, 4) is 0 Å². The Balaban J connectivity index is 4.77. The van der Waals surface area contributed by atoms with Gasteiger partial charge in [0.1, 0.15) is 11.6 Å². The smallest absolute Gasteiger partial charge is 0.408 e. The molecule has 0 radical (unpaired) electrons. The summed E-state index contributed by atoms with van der Waals surface area (Å²) in [5.41, 5.74) is -1.25. The van der Waals surface area contributed by atoms with Crippen LogP contribution in [0.25, 0.3) is 0 Å². The van der Waals surface area contributed by atoms with Gasteiger partial charge in [-0.1, -0.05) is 0 Å². The number of carboxylic acids is 1. The van der Waals surface area contributed by atoms with Crippen LogP contribution in [0.3, 0.4) is 0 Å². The zero-order valence-corrected chi connectivity index (χ0v) is 12.9. The molecule has 0 aliphatic rings. The molecule has 0 bridgehead atoms. The minimum Gasteiger partial charge on any atom is -0.481 e. The Kier molecular flexibility index (Phi) is 5.99. The lowest BCUT2D eigenvalue weighted by Crippen LogP contribution is -2.53. The summed E-state index contributed by atoms with van der Waals surface area (Å²) in [7, 11) is 0. The topological polar surface area (TPSA) is 105 Å². The number of hydrogen-bond donors (Lipinski definition) is 3. The Hall–Kier alpha value is -1.79. The van der Waals surface area contributed by atoms with Gasteiger partial charge in [-0.25, -0.2) is 4.79 Å².